The Hall–Kier alpha value is -4.00. The molecule has 3 heterocycles. The molecule has 7 nitrogen and oxygen atoms in total. The number of carboxylic acids is 1. The molecule has 28 heavy (non-hydrogen) atoms. The van der Waals surface area contributed by atoms with Crippen molar-refractivity contribution in [2.45, 2.75) is 6.92 Å². The molecule has 1 amide bonds. The molecule has 0 atom stereocenters. The Bertz CT molecular complexity index is 1110. The lowest BCUT2D eigenvalue weighted by atomic mass is 10.1. The summed E-state index contributed by atoms with van der Waals surface area (Å²) in [5.74, 6) is -0.215. The van der Waals surface area contributed by atoms with E-state index in [1.165, 1.54) is 17.1 Å². The smallest absolute Gasteiger partial charge is 0.335 e. The van der Waals surface area contributed by atoms with E-state index in [0.29, 0.717) is 34.2 Å². The van der Waals surface area contributed by atoms with Crippen molar-refractivity contribution in [1.82, 2.24) is 4.98 Å². The van der Waals surface area contributed by atoms with E-state index < -0.39 is 5.97 Å². The summed E-state index contributed by atoms with van der Waals surface area (Å²) in [5, 5.41) is 14.5. The molecule has 0 fully saturated rings. The zero-order valence-corrected chi connectivity index (χ0v) is 14.9. The SMILES string of the molecule is CC1=NN(c2ccc(C(=O)O)cc2)C(=O)C1=Cc1ccc(-c2ccccn2)o1. The van der Waals surface area contributed by atoms with E-state index in [4.69, 9.17) is 9.52 Å². The highest BCUT2D eigenvalue weighted by molar-refractivity contribution is 6.32. The molecular weight excluding hydrogens is 358 g/mol. The molecule has 0 aliphatic carbocycles. The second kappa shape index (κ2) is 6.96. The Morgan fingerprint density at radius 3 is 2.57 bits per heavy atom. The summed E-state index contributed by atoms with van der Waals surface area (Å²) < 4.78 is 5.78. The Morgan fingerprint density at radius 1 is 1.11 bits per heavy atom. The number of aromatic nitrogens is 1. The minimum Gasteiger partial charge on any atom is -0.478 e. The molecule has 0 bridgehead atoms. The number of hydrazone groups is 1. The molecule has 7 heteroatoms. The summed E-state index contributed by atoms with van der Waals surface area (Å²) in [6, 6.07) is 15.1. The zero-order valence-electron chi connectivity index (χ0n) is 14.9. The van der Waals surface area contributed by atoms with Crippen LogP contribution in [0.15, 0.2) is 75.9 Å². The molecule has 0 unspecified atom stereocenters. The molecule has 2 aromatic heterocycles. The van der Waals surface area contributed by atoms with Crippen LogP contribution in [0.4, 0.5) is 5.69 Å². The first kappa shape index (κ1) is 17.4. The van der Waals surface area contributed by atoms with Crippen molar-refractivity contribution in [2.75, 3.05) is 5.01 Å². The first-order chi connectivity index (χ1) is 13.5. The van der Waals surface area contributed by atoms with E-state index in [1.54, 1.807) is 43.5 Å². The molecule has 1 N–H and O–H groups in total. The Morgan fingerprint density at radius 2 is 1.89 bits per heavy atom. The van der Waals surface area contributed by atoms with Crippen molar-refractivity contribution in [1.29, 1.82) is 0 Å². The van der Waals surface area contributed by atoms with Crippen LogP contribution in [-0.2, 0) is 4.79 Å². The van der Waals surface area contributed by atoms with Gasteiger partial charge >= 0.3 is 5.97 Å². The van der Waals surface area contributed by atoms with Gasteiger partial charge in [-0.2, -0.15) is 10.1 Å². The van der Waals surface area contributed by atoms with Crippen LogP contribution in [0.5, 0.6) is 0 Å². The maximum atomic E-state index is 12.8. The Kier molecular flexibility index (Phi) is 4.33. The molecule has 1 aliphatic heterocycles. The number of furan rings is 1. The van der Waals surface area contributed by atoms with Crippen LogP contribution >= 0.6 is 0 Å². The monoisotopic (exact) mass is 373 g/mol. The third-order valence-corrected chi connectivity index (χ3v) is 4.25. The minimum atomic E-state index is -1.03. The number of carboxylic acid groups (broad SMARTS) is 1. The van der Waals surface area contributed by atoms with Gasteiger partial charge in [0.1, 0.15) is 11.5 Å². The highest BCUT2D eigenvalue weighted by atomic mass is 16.4. The summed E-state index contributed by atoms with van der Waals surface area (Å²) in [7, 11) is 0. The quantitative estimate of drug-likeness (QED) is 0.701. The number of carbonyl (C=O) groups is 2. The van der Waals surface area contributed by atoms with Crippen LogP contribution in [0.25, 0.3) is 17.5 Å². The molecule has 1 aromatic carbocycles. The molecule has 0 saturated carbocycles. The minimum absolute atomic E-state index is 0.143. The number of benzene rings is 1. The predicted molar refractivity (Wildman–Crippen MR) is 104 cm³/mol. The number of anilines is 1. The maximum Gasteiger partial charge on any atom is 0.335 e. The highest BCUT2D eigenvalue weighted by Gasteiger charge is 2.29. The maximum absolute atomic E-state index is 12.8. The van der Waals surface area contributed by atoms with E-state index in [-0.39, 0.29) is 11.5 Å². The summed E-state index contributed by atoms with van der Waals surface area (Å²) >= 11 is 0. The molecule has 1 aliphatic rings. The fraction of sp³-hybridized carbons (Fsp3) is 0.0476. The van der Waals surface area contributed by atoms with Crippen LogP contribution in [0.1, 0.15) is 23.0 Å². The van der Waals surface area contributed by atoms with Gasteiger partial charge in [-0.3, -0.25) is 9.78 Å². The number of amides is 1. The normalized spacial score (nSPS) is 15.2. The number of nitrogens with zero attached hydrogens (tertiary/aromatic N) is 3. The number of hydrogen-bond donors (Lipinski definition) is 1. The van der Waals surface area contributed by atoms with Gasteiger partial charge in [-0.1, -0.05) is 6.07 Å². The van der Waals surface area contributed by atoms with Crippen molar-refractivity contribution in [3.63, 3.8) is 0 Å². The topological polar surface area (TPSA) is 96.0 Å². The predicted octanol–water partition coefficient (Wildman–Crippen LogP) is 3.85. The number of hydrogen-bond acceptors (Lipinski definition) is 5. The lowest BCUT2D eigenvalue weighted by Gasteiger charge is -2.11. The van der Waals surface area contributed by atoms with Crippen LogP contribution in [0.3, 0.4) is 0 Å². The van der Waals surface area contributed by atoms with E-state index in [0.717, 1.165) is 0 Å². The van der Waals surface area contributed by atoms with Gasteiger partial charge in [-0.25, -0.2) is 4.79 Å². The molecule has 4 rings (SSSR count). The number of pyridine rings is 1. The van der Waals surface area contributed by atoms with Crippen LogP contribution < -0.4 is 5.01 Å². The van der Waals surface area contributed by atoms with Gasteiger partial charge in [0.25, 0.3) is 5.91 Å². The third kappa shape index (κ3) is 3.21. The van der Waals surface area contributed by atoms with Crippen LogP contribution in [0.2, 0.25) is 0 Å². The largest absolute Gasteiger partial charge is 0.478 e. The second-order valence-electron chi connectivity index (χ2n) is 6.13. The molecule has 0 saturated heterocycles. The van der Waals surface area contributed by atoms with Crippen LogP contribution in [-0.4, -0.2) is 27.7 Å². The first-order valence-corrected chi connectivity index (χ1v) is 8.49. The van der Waals surface area contributed by atoms with Gasteiger partial charge in [0.2, 0.25) is 0 Å². The summed E-state index contributed by atoms with van der Waals surface area (Å²) in [5.41, 5.74) is 2.29. The summed E-state index contributed by atoms with van der Waals surface area (Å²) in [6.45, 7) is 1.73. The Balaban J connectivity index is 1.60. The molecule has 0 radical (unpaired) electrons. The lowest BCUT2D eigenvalue weighted by Crippen LogP contribution is -2.21. The average Bonchev–Trinajstić information content (AvgIpc) is 3.29. The first-order valence-electron chi connectivity index (χ1n) is 8.49. The highest BCUT2D eigenvalue weighted by Crippen LogP contribution is 2.27. The van der Waals surface area contributed by atoms with Gasteiger partial charge in [0.05, 0.1) is 22.5 Å². The fourth-order valence-electron chi connectivity index (χ4n) is 2.82. The Labute approximate surface area is 160 Å². The molecule has 138 valence electrons. The van der Waals surface area contributed by atoms with Gasteiger partial charge in [-0.15, -0.1) is 0 Å². The zero-order chi connectivity index (χ0) is 19.7. The average molecular weight is 373 g/mol. The van der Waals surface area contributed by atoms with Crippen molar-refractivity contribution in [3.8, 4) is 11.5 Å². The molecular formula is C21H15N3O4. The van der Waals surface area contributed by atoms with E-state index in [9.17, 15) is 9.59 Å². The van der Waals surface area contributed by atoms with E-state index in [2.05, 4.69) is 10.1 Å². The van der Waals surface area contributed by atoms with Crippen molar-refractivity contribution >= 4 is 29.4 Å². The fourth-order valence-corrected chi connectivity index (χ4v) is 2.82. The van der Waals surface area contributed by atoms with Crippen molar-refractivity contribution in [3.05, 3.63) is 77.7 Å². The van der Waals surface area contributed by atoms with Crippen molar-refractivity contribution in [2.24, 2.45) is 5.10 Å². The lowest BCUT2D eigenvalue weighted by molar-refractivity contribution is -0.114. The van der Waals surface area contributed by atoms with Gasteiger partial charge in [0.15, 0.2) is 5.76 Å². The number of rotatable bonds is 4. The number of aromatic carboxylic acids is 1. The van der Waals surface area contributed by atoms with E-state index >= 15 is 0 Å². The van der Waals surface area contributed by atoms with Gasteiger partial charge < -0.3 is 9.52 Å². The standard InChI is InChI=1S/C21H15N3O4/c1-13-17(12-16-9-10-19(28-16)18-4-2-3-11-22-18)20(25)24(23-13)15-7-5-14(6-8-15)21(26)27/h2-12H,1H3,(H,26,27). The van der Waals surface area contributed by atoms with Gasteiger partial charge in [-0.05, 0) is 61.5 Å². The summed E-state index contributed by atoms with van der Waals surface area (Å²) in [4.78, 5) is 28.0. The summed E-state index contributed by atoms with van der Waals surface area (Å²) in [6.07, 6.45) is 3.32. The second-order valence-corrected chi connectivity index (χ2v) is 6.13. The van der Waals surface area contributed by atoms with Crippen molar-refractivity contribution < 1.29 is 19.1 Å². The number of carbonyl (C=O) groups excluding carboxylic acids is 1. The molecule has 3 aromatic rings. The van der Waals surface area contributed by atoms with E-state index in [1.807, 2.05) is 18.2 Å². The molecule has 0 spiro atoms. The van der Waals surface area contributed by atoms with Crippen LogP contribution in [0, 0.1) is 0 Å². The third-order valence-electron chi connectivity index (χ3n) is 4.25. The van der Waals surface area contributed by atoms with Gasteiger partial charge in [0, 0.05) is 6.20 Å².